The Hall–Kier alpha value is 0.891. The molecule has 0 unspecified atom stereocenters. The molecule has 0 aliphatic carbocycles. The van der Waals surface area contributed by atoms with Gasteiger partial charge in [-0.1, -0.05) is 20.8 Å². The van der Waals surface area contributed by atoms with E-state index in [1.54, 1.807) is 0 Å². The first-order valence-electron chi connectivity index (χ1n) is 1.75. The summed E-state index contributed by atoms with van der Waals surface area (Å²) in [6.07, 6.45) is 0. The van der Waals surface area contributed by atoms with E-state index in [1.165, 1.54) is 0 Å². The van der Waals surface area contributed by atoms with Crippen molar-refractivity contribution >= 4 is 11.0 Å². The van der Waals surface area contributed by atoms with Crippen LogP contribution in [0.2, 0.25) is 0 Å². The third-order valence-corrected chi connectivity index (χ3v) is 0. The molecule has 0 bridgehead atoms. The molecular formula is C4H14NSiTi-. The summed E-state index contributed by atoms with van der Waals surface area (Å²) in [4.78, 5) is 0. The summed E-state index contributed by atoms with van der Waals surface area (Å²) >= 11 is 0. The van der Waals surface area contributed by atoms with Crippen LogP contribution >= 0.6 is 0 Å². The normalized spacial score (nSPS) is 8.57. The van der Waals surface area contributed by atoms with E-state index in [1.807, 2.05) is 20.8 Å². The first-order valence-corrected chi connectivity index (χ1v) is 1.75. The van der Waals surface area contributed by atoms with Crippen LogP contribution < -0.4 is 0 Å². The van der Waals surface area contributed by atoms with Gasteiger partial charge in [-0.05, 0) is 11.0 Å². The molecule has 0 amide bonds. The van der Waals surface area contributed by atoms with Crippen LogP contribution in [0.25, 0.3) is 5.73 Å². The van der Waals surface area contributed by atoms with Gasteiger partial charge in [0, 0.05) is 21.7 Å². The van der Waals surface area contributed by atoms with Crippen LogP contribution in [0, 0.1) is 0 Å². The van der Waals surface area contributed by atoms with Crippen molar-refractivity contribution in [1.29, 1.82) is 0 Å². The van der Waals surface area contributed by atoms with Crippen LogP contribution in [0.5, 0.6) is 0 Å². The Morgan fingerprint density at radius 3 is 1.14 bits per heavy atom. The summed E-state index contributed by atoms with van der Waals surface area (Å²) in [5.41, 5.74) is 6.69. The number of rotatable bonds is 0. The van der Waals surface area contributed by atoms with Gasteiger partial charge in [0.15, 0.2) is 0 Å². The van der Waals surface area contributed by atoms with Gasteiger partial charge >= 0.3 is 0 Å². The fourth-order valence-electron chi connectivity index (χ4n) is 0. The molecule has 0 saturated carbocycles. The minimum atomic E-state index is -0.250. The fraction of sp³-hybridized carbons (Fsp3) is 1.00. The zero-order valence-electron chi connectivity index (χ0n) is 4.50. The predicted molar refractivity (Wildman–Crippen MR) is 35.4 cm³/mol. The average Bonchev–Trinajstić information content (AvgIpc) is 0.722. The minimum Gasteiger partial charge on any atom is -0.673 e. The van der Waals surface area contributed by atoms with Gasteiger partial charge in [0.1, 0.15) is 0 Å². The topological polar surface area (TPSA) is 23.8 Å². The second-order valence-corrected chi connectivity index (χ2v) is 2.25. The standard InChI is InChI=1S/C4H10N.H4Si.Ti/c1-4(2,3)5;;/h5H,1-3H3;1H4;/q-1;;. The Morgan fingerprint density at radius 2 is 1.14 bits per heavy atom. The molecule has 0 radical (unpaired) electrons. The summed E-state index contributed by atoms with van der Waals surface area (Å²) in [6, 6.07) is 0. The molecule has 0 aromatic rings. The smallest absolute Gasteiger partial charge is 0 e. The molecule has 0 spiro atoms. The van der Waals surface area contributed by atoms with Crippen LogP contribution in [0.15, 0.2) is 0 Å². The molecule has 1 nitrogen and oxygen atoms in total. The van der Waals surface area contributed by atoms with Gasteiger partial charge in [-0.2, -0.15) is 0 Å². The number of hydrogen-bond acceptors (Lipinski definition) is 0. The van der Waals surface area contributed by atoms with Gasteiger partial charge in [-0.3, -0.25) is 0 Å². The first kappa shape index (κ1) is 15.7. The molecule has 0 rings (SSSR count). The van der Waals surface area contributed by atoms with Gasteiger partial charge in [0.2, 0.25) is 0 Å². The molecule has 0 fully saturated rings. The Balaban J connectivity index is -0.0000000800. The van der Waals surface area contributed by atoms with Crippen molar-refractivity contribution in [2.75, 3.05) is 0 Å². The fourth-order valence-corrected chi connectivity index (χ4v) is 0. The van der Waals surface area contributed by atoms with Crippen molar-refractivity contribution in [1.82, 2.24) is 0 Å². The van der Waals surface area contributed by atoms with Gasteiger partial charge < -0.3 is 5.73 Å². The van der Waals surface area contributed by atoms with E-state index >= 15 is 0 Å². The van der Waals surface area contributed by atoms with Crippen molar-refractivity contribution in [2.45, 2.75) is 26.3 Å². The summed E-state index contributed by atoms with van der Waals surface area (Å²) in [6.45, 7) is 5.56. The van der Waals surface area contributed by atoms with Crippen molar-refractivity contribution < 1.29 is 21.7 Å². The summed E-state index contributed by atoms with van der Waals surface area (Å²) in [5.74, 6) is 0. The number of nitrogens with one attached hydrogen (secondary N) is 1. The van der Waals surface area contributed by atoms with E-state index in [0.717, 1.165) is 0 Å². The van der Waals surface area contributed by atoms with Crippen molar-refractivity contribution in [3.63, 3.8) is 0 Å². The van der Waals surface area contributed by atoms with Gasteiger partial charge in [-0.15, -0.1) is 5.54 Å². The second kappa shape index (κ2) is 5.04. The van der Waals surface area contributed by atoms with E-state index < -0.39 is 0 Å². The van der Waals surface area contributed by atoms with Crippen LogP contribution in [-0.4, -0.2) is 16.5 Å². The van der Waals surface area contributed by atoms with Crippen molar-refractivity contribution in [2.24, 2.45) is 0 Å². The maximum atomic E-state index is 6.94. The summed E-state index contributed by atoms with van der Waals surface area (Å²) < 4.78 is 0. The van der Waals surface area contributed by atoms with Crippen LogP contribution in [0.1, 0.15) is 20.8 Å². The van der Waals surface area contributed by atoms with Crippen molar-refractivity contribution in [3.8, 4) is 0 Å². The molecule has 1 N–H and O–H groups in total. The van der Waals surface area contributed by atoms with Gasteiger partial charge in [0.05, 0.1) is 0 Å². The van der Waals surface area contributed by atoms with Crippen molar-refractivity contribution in [3.05, 3.63) is 5.73 Å². The van der Waals surface area contributed by atoms with E-state index in [2.05, 4.69) is 0 Å². The molecule has 0 heterocycles. The SMILES string of the molecule is CC(C)(C)[NH-].[SiH4].[Ti]. The Bertz CT molecular complexity index is 27.2. The molecular weight excluding hydrogens is 138 g/mol. The van der Waals surface area contributed by atoms with Crippen LogP contribution in [-0.2, 0) is 21.7 Å². The second-order valence-electron chi connectivity index (χ2n) is 2.25. The third-order valence-electron chi connectivity index (χ3n) is 0. The minimum absolute atomic E-state index is 0. The molecule has 3 heteroatoms. The van der Waals surface area contributed by atoms with E-state index in [9.17, 15) is 0 Å². The number of hydrogen-bond donors (Lipinski definition) is 0. The Morgan fingerprint density at radius 1 is 1.14 bits per heavy atom. The summed E-state index contributed by atoms with van der Waals surface area (Å²) in [5, 5.41) is 0. The first-order chi connectivity index (χ1) is 2.00. The summed E-state index contributed by atoms with van der Waals surface area (Å²) in [7, 11) is 0. The van der Waals surface area contributed by atoms with E-state index in [-0.39, 0.29) is 38.2 Å². The zero-order chi connectivity index (χ0) is 4.50. The zero-order valence-corrected chi connectivity index (χ0v) is 6.06. The Labute approximate surface area is 65.0 Å². The van der Waals surface area contributed by atoms with Crippen LogP contribution in [0.3, 0.4) is 0 Å². The van der Waals surface area contributed by atoms with E-state index in [0.29, 0.717) is 0 Å². The molecule has 0 aromatic carbocycles. The molecule has 0 aliphatic rings. The molecule has 0 atom stereocenters. The average molecular weight is 152 g/mol. The molecule has 7 heavy (non-hydrogen) atoms. The van der Waals surface area contributed by atoms with Gasteiger partial charge in [0.25, 0.3) is 0 Å². The molecule has 44 valence electrons. The predicted octanol–water partition coefficient (Wildman–Crippen LogP) is 0.383. The van der Waals surface area contributed by atoms with E-state index in [4.69, 9.17) is 5.73 Å². The monoisotopic (exact) mass is 152 g/mol. The maximum Gasteiger partial charge on any atom is 0 e. The molecule has 0 aromatic heterocycles. The maximum absolute atomic E-state index is 6.94. The van der Waals surface area contributed by atoms with Gasteiger partial charge in [-0.25, -0.2) is 0 Å². The molecule has 0 saturated heterocycles. The quantitative estimate of drug-likeness (QED) is 0.448. The Kier molecular flexibility index (Phi) is 11.3. The largest absolute Gasteiger partial charge is 0.673 e. The third kappa shape index (κ3) is 208. The van der Waals surface area contributed by atoms with Crippen LogP contribution in [0.4, 0.5) is 0 Å². The molecule has 0 aliphatic heterocycles.